The van der Waals surface area contributed by atoms with Gasteiger partial charge in [-0.1, -0.05) is 35.9 Å². The third kappa shape index (κ3) is 2.71. The zero-order valence-electron chi connectivity index (χ0n) is 8.96. The summed E-state index contributed by atoms with van der Waals surface area (Å²) >= 11 is 0. The van der Waals surface area contributed by atoms with Crippen LogP contribution in [0.2, 0.25) is 0 Å². The van der Waals surface area contributed by atoms with Crippen LogP contribution in [0.15, 0.2) is 36.9 Å². The lowest BCUT2D eigenvalue weighted by Crippen LogP contribution is -2.20. The molecule has 0 fully saturated rings. The molecule has 0 aliphatic heterocycles. The van der Waals surface area contributed by atoms with Gasteiger partial charge < -0.3 is 5.11 Å². The molecular weight excluding hydrogens is 172 g/mol. The van der Waals surface area contributed by atoms with Crippen LogP contribution >= 0.6 is 0 Å². The van der Waals surface area contributed by atoms with Gasteiger partial charge in [-0.05, 0) is 32.3 Å². The van der Waals surface area contributed by atoms with Gasteiger partial charge in [-0.15, -0.1) is 6.58 Å². The fraction of sp³-hybridized carbons (Fsp3) is 0.385. The molecule has 0 saturated carbocycles. The van der Waals surface area contributed by atoms with E-state index in [2.05, 4.69) is 6.58 Å². The van der Waals surface area contributed by atoms with Crippen molar-refractivity contribution in [1.82, 2.24) is 0 Å². The molecule has 0 bridgehead atoms. The summed E-state index contributed by atoms with van der Waals surface area (Å²) in [5, 5.41) is 10.2. The molecule has 14 heavy (non-hydrogen) atoms. The monoisotopic (exact) mass is 190 g/mol. The van der Waals surface area contributed by atoms with Gasteiger partial charge in [0.1, 0.15) is 0 Å². The van der Waals surface area contributed by atoms with Crippen LogP contribution in [0.4, 0.5) is 0 Å². The van der Waals surface area contributed by atoms with Crippen molar-refractivity contribution < 1.29 is 5.11 Å². The third-order valence-corrected chi connectivity index (χ3v) is 2.51. The minimum atomic E-state index is -0.734. The number of rotatable bonds is 4. The summed E-state index contributed by atoms with van der Waals surface area (Å²) in [4.78, 5) is 0. The van der Waals surface area contributed by atoms with Crippen LogP contribution < -0.4 is 0 Å². The molecule has 1 unspecified atom stereocenters. The Morgan fingerprint density at radius 2 is 1.93 bits per heavy atom. The highest BCUT2D eigenvalue weighted by molar-refractivity contribution is 5.25. The van der Waals surface area contributed by atoms with Gasteiger partial charge >= 0.3 is 0 Å². The smallest absolute Gasteiger partial charge is 0.0871 e. The number of aliphatic hydroxyl groups is 1. The fourth-order valence-electron chi connectivity index (χ4n) is 1.44. The predicted octanol–water partition coefficient (Wildman–Crippen LogP) is 3.17. The molecule has 0 aliphatic rings. The summed E-state index contributed by atoms with van der Waals surface area (Å²) in [6.45, 7) is 7.55. The fourth-order valence-corrected chi connectivity index (χ4v) is 1.44. The maximum Gasteiger partial charge on any atom is 0.0871 e. The van der Waals surface area contributed by atoms with Gasteiger partial charge in [-0.3, -0.25) is 0 Å². The molecule has 0 aliphatic carbocycles. The maximum atomic E-state index is 10.2. The quantitative estimate of drug-likeness (QED) is 0.723. The zero-order valence-corrected chi connectivity index (χ0v) is 8.96. The highest BCUT2D eigenvalue weighted by atomic mass is 16.3. The summed E-state index contributed by atoms with van der Waals surface area (Å²) in [6, 6.07) is 8.02. The van der Waals surface area contributed by atoms with Crippen molar-refractivity contribution in [2.24, 2.45) is 0 Å². The molecule has 1 heteroatoms. The highest BCUT2D eigenvalue weighted by Gasteiger charge is 2.21. The Balaban J connectivity index is 2.80. The molecule has 0 aromatic heterocycles. The molecule has 1 aromatic rings. The second kappa shape index (κ2) is 4.43. The molecule has 1 atom stereocenters. The molecule has 1 nitrogen and oxygen atoms in total. The van der Waals surface area contributed by atoms with Crippen molar-refractivity contribution in [3.63, 3.8) is 0 Å². The molecule has 1 aromatic carbocycles. The SMILES string of the molecule is C=CCCC(C)(O)c1ccc(C)cc1. The standard InChI is InChI=1S/C13H18O/c1-4-5-10-13(3,14)12-8-6-11(2)7-9-12/h4,6-9,14H,1,5,10H2,2-3H3. The summed E-state index contributed by atoms with van der Waals surface area (Å²) in [5.74, 6) is 0. The topological polar surface area (TPSA) is 20.2 Å². The molecule has 0 radical (unpaired) electrons. The Kier molecular flexibility index (Phi) is 3.48. The zero-order chi connectivity index (χ0) is 10.6. The van der Waals surface area contributed by atoms with E-state index in [0.29, 0.717) is 0 Å². The first-order valence-corrected chi connectivity index (χ1v) is 4.97. The van der Waals surface area contributed by atoms with Crippen LogP contribution in [0.25, 0.3) is 0 Å². The van der Waals surface area contributed by atoms with Gasteiger partial charge in [-0.2, -0.15) is 0 Å². The number of allylic oxidation sites excluding steroid dienone is 1. The first kappa shape index (κ1) is 11.0. The number of benzene rings is 1. The number of hydrogen-bond donors (Lipinski definition) is 1. The van der Waals surface area contributed by atoms with E-state index >= 15 is 0 Å². The minimum Gasteiger partial charge on any atom is -0.385 e. The van der Waals surface area contributed by atoms with E-state index < -0.39 is 5.60 Å². The van der Waals surface area contributed by atoms with Crippen molar-refractivity contribution >= 4 is 0 Å². The third-order valence-electron chi connectivity index (χ3n) is 2.51. The Morgan fingerprint density at radius 3 is 2.43 bits per heavy atom. The first-order valence-electron chi connectivity index (χ1n) is 4.97. The lowest BCUT2D eigenvalue weighted by atomic mass is 9.91. The van der Waals surface area contributed by atoms with Gasteiger partial charge in [0.25, 0.3) is 0 Å². The van der Waals surface area contributed by atoms with E-state index in [9.17, 15) is 5.11 Å². The van der Waals surface area contributed by atoms with Crippen molar-refractivity contribution in [1.29, 1.82) is 0 Å². The predicted molar refractivity (Wildman–Crippen MR) is 60.2 cm³/mol. The Morgan fingerprint density at radius 1 is 1.36 bits per heavy atom. The van der Waals surface area contributed by atoms with Crippen molar-refractivity contribution in [3.8, 4) is 0 Å². The van der Waals surface area contributed by atoms with E-state index in [1.165, 1.54) is 5.56 Å². The van der Waals surface area contributed by atoms with Crippen molar-refractivity contribution in [3.05, 3.63) is 48.0 Å². The van der Waals surface area contributed by atoms with E-state index in [1.807, 2.05) is 44.2 Å². The molecular formula is C13H18O. The second-order valence-corrected chi connectivity index (χ2v) is 3.97. The van der Waals surface area contributed by atoms with E-state index in [1.54, 1.807) is 0 Å². The average Bonchev–Trinajstić information content (AvgIpc) is 2.16. The van der Waals surface area contributed by atoms with Crippen molar-refractivity contribution in [2.45, 2.75) is 32.3 Å². The Labute approximate surface area is 86.1 Å². The lowest BCUT2D eigenvalue weighted by Gasteiger charge is -2.23. The van der Waals surface area contributed by atoms with Crippen LogP contribution in [0.3, 0.4) is 0 Å². The molecule has 0 saturated heterocycles. The molecule has 1 rings (SSSR count). The van der Waals surface area contributed by atoms with E-state index in [4.69, 9.17) is 0 Å². The van der Waals surface area contributed by atoms with Crippen LogP contribution in [0.1, 0.15) is 30.9 Å². The Bertz CT molecular complexity index is 296. The second-order valence-electron chi connectivity index (χ2n) is 3.97. The highest BCUT2D eigenvalue weighted by Crippen LogP contribution is 2.25. The van der Waals surface area contributed by atoms with E-state index in [-0.39, 0.29) is 0 Å². The minimum absolute atomic E-state index is 0.722. The molecule has 0 spiro atoms. The summed E-state index contributed by atoms with van der Waals surface area (Å²) in [7, 11) is 0. The summed E-state index contributed by atoms with van der Waals surface area (Å²) in [6.07, 6.45) is 3.39. The normalized spacial score (nSPS) is 14.8. The molecule has 0 heterocycles. The maximum absolute atomic E-state index is 10.2. The summed E-state index contributed by atoms with van der Waals surface area (Å²) < 4.78 is 0. The van der Waals surface area contributed by atoms with Crippen LogP contribution in [-0.4, -0.2) is 5.11 Å². The van der Waals surface area contributed by atoms with E-state index in [0.717, 1.165) is 18.4 Å². The summed E-state index contributed by atoms with van der Waals surface area (Å²) in [5.41, 5.74) is 1.46. The van der Waals surface area contributed by atoms with Gasteiger partial charge in [0, 0.05) is 0 Å². The number of hydrogen-bond acceptors (Lipinski definition) is 1. The van der Waals surface area contributed by atoms with Crippen LogP contribution in [0.5, 0.6) is 0 Å². The van der Waals surface area contributed by atoms with Gasteiger partial charge in [0.05, 0.1) is 5.60 Å². The average molecular weight is 190 g/mol. The van der Waals surface area contributed by atoms with Gasteiger partial charge in [0.2, 0.25) is 0 Å². The Hall–Kier alpha value is -1.08. The lowest BCUT2D eigenvalue weighted by molar-refractivity contribution is 0.0488. The first-order chi connectivity index (χ1) is 6.56. The largest absolute Gasteiger partial charge is 0.385 e. The molecule has 1 N–H and O–H groups in total. The van der Waals surface area contributed by atoms with Crippen molar-refractivity contribution in [2.75, 3.05) is 0 Å². The van der Waals surface area contributed by atoms with Gasteiger partial charge in [0.15, 0.2) is 0 Å². The van der Waals surface area contributed by atoms with Crippen LogP contribution in [0, 0.1) is 6.92 Å². The van der Waals surface area contributed by atoms with Crippen LogP contribution in [-0.2, 0) is 5.60 Å². The number of aryl methyl sites for hydroxylation is 1. The molecule has 0 amide bonds. The van der Waals surface area contributed by atoms with Gasteiger partial charge in [-0.25, -0.2) is 0 Å². The molecule has 76 valence electrons.